The summed E-state index contributed by atoms with van der Waals surface area (Å²) in [5.41, 5.74) is 2.58. The molecule has 0 spiro atoms. The number of hydrogen-bond donors (Lipinski definition) is 2. The third-order valence-electron chi connectivity index (χ3n) is 4.42. The first kappa shape index (κ1) is 21.7. The Balaban J connectivity index is 1.87. The zero-order valence-electron chi connectivity index (χ0n) is 16.7. The summed E-state index contributed by atoms with van der Waals surface area (Å²) in [6, 6.07) is 16.4. The van der Waals surface area contributed by atoms with E-state index in [1.54, 1.807) is 55.5 Å². The van der Waals surface area contributed by atoms with Crippen molar-refractivity contribution in [3.8, 4) is 5.75 Å². The zero-order valence-corrected chi connectivity index (χ0v) is 18.3. The standard InChI is InChI=1S/C22H21ClN2O4S/c1-14-5-4-6-18(11-14)25-30(27,28)21-12-16(8-7-15(21)2)22(26)24-17-9-10-20(29-3)19(23)13-17/h4-13,25H,1-3H3,(H,24,26). The van der Waals surface area contributed by atoms with E-state index in [1.807, 2.05) is 13.0 Å². The van der Waals surface area contributed by atoms with E-state index in [2.05, 4.69) is 10.0 Å². The third kappa shape index (κ3) is 4.93. The van der Waals surface area contributed by atoms with Crippen molar-refractivity contribution in [1.29, 1.82) is 0 Å². The van der Waals surface area contributed by atoms with Crippen molar-refractivity contribution >= 4 is 38.9 Å². The summed E-state index contributed by atoms with van der Waals surface area (Å²) in [7, 11) is -2.37. The lowest BCUT2D eigenvalue weighted by Crippen LogP contribution is -2.17. The van der Waals surface area contributed by atoms with Gasteiger partial charge in [0, 0.05) is 16.9 Å². The molecule has 2 N–H and O–H groups in total. The molecule has 30 heavy (non-hydrogen) atoms. The van der Waals surface area contributed by atoms with E-state index < -0.39 is 15.9 Å². The predicted octanol–water partition coefficient (Wildman–Crippen LogP) is 5.02. The van der Waals surface area contributed by atoms with Gasteiger partial charge >= 0.3 is 0 Å². The van der Waals surface area contributed by atoms with Gasteiger partial charge in [-0.25, -0.2) is 8.42 Å². The molecule has 3 aromatic rings. The van der Waals surface area contributed by atoms with Crippen LogP contribution >= 0.6 is 11.6 Å². The van der Waals surface area contributed by atoms with Crippen LogP contribution in [0.15, 0.2) is 65.6 Å². The maximum atomic E-state index is 12.9. The number of aryl methyl sites for hydroxylation is 2. The Morgan fingerprint density at radius 1 is 0.967 bits per heavy atom. The molecule has 0 saturated heterocycles. The fraction of sp³-hybridized carbons (Fsp3) is 0.136. The fourth-order valence-corrected chi connectivity index (χ4v) is 4.48. The predicted molar refractivity (Wildman–Crippen MR) is 119 cm³/mol. The second-order valence-corrected chi connectivity index (χ2v) is 8.82. The number of sulfonamides is 1. The van der Waals surface area contributed by atoms with E-state index in [4.69, 9.17) is 16.3 Å². The molecule has 0 fully saturated rings. The van der Waals surface area contributed by atoms with E-state index in [-0.39, 0.29) is 10.5 Å². The maximum absolute atomic E-state index is 12.9. The average molecular weight is 445 g/mol. The molecule has 0 bridgehead atoms. The number of amides is 1. The first-order valence-corrected chi connectivity index (χ1v) is 10.9. The Labute approximate surface area is 180 Å². The molecule has 0 aromatic heterocycles. The molecule has 3 aromatic carbocycles. The molecule has 0 aliphatic carbocycles. The van der Waals surface area contributed by atoms with Crippen LogP contribution < -0.4 is 14.8 Å². The molecule has 8 heteroatoms. The molecule has 0 aliphatic heterocycles. The van der Waals surface area contributed by atoms with Gasteiger partial charge in [0.1, 0.15) is 5.75 Å². The smallest absolute Gasteiger partial charge is 0.262 e. The topological polar surface area (TPSA) is 84.5 Å². The van der Waals surface area contributed by atoms with Crippen LogP contribution in [0.1, 0.15) is 21.5 Å². The van der Waals surface area contributed by atoms with Crippen LogP contribution in [0, 0.1) is 13.8 Å². The monoisotopic (exact) mass is 444 g/mol. The Morgan fingerprint density at radius 3 is 2.40 bits per heavy atom. The summed E-state index contributed by atoms with van der Waals surface area (Å²) < 4.78 is 33.5. The number of rotatable bonds is 6. The number of benzene rings is 3. The number of carbonyl (C=O) groups is 1. The van der Waals surface area contributed by atoms with Gasteiger partial charge in [0.05, 0.1) is 17.0 Å². The molecule has 0 saturated carbocycles. The Hall–Kier alpha value is -3.03. The largest absolute Gasteiger partial charge is 0.495 e. The number of carbonyl (C=O) groups excluding carboxylic acids is 1. The SMILES string of the molecule is COc1ccc(NC(=O)c2ccc(C)c(S(=O)(=O)Nc3cccc(C)c3)c2)cc1Cl. The molecular formula is C22H21ClN2O4S. The van der Waals surface area contributed by atoms with E-state index in [9.17, 15) is 13.2 Å². The molecule has 0 radical (unpaired) electrons. The molecule has 0 aliphatic rings. The minimum atomic E-state index is -3.87. The zero-order chi connectivity index (χ0) is 21.9. The summed E-state index contributed by atoms with van der Waals surface area (Å²) in [5, 5.41) is 3.06. The van der Waals surface area contributed by atoms with Crippen molar-refractivity contribution in [2.24, 2.45) is 0 Å². The quantitative estimate of drug-likeness (QED) is 0.559. The lowest BCUT2D eigenvalue weighted by atomic mass is 10.1. The molecule has 6 nitrogen and oxygen atoms in total. The van der Waals surface area contributed by atoms with Crippen molar-refractivity contribution in [1.82, 2.24) is 0 Å². The van der Waals surface area contributed by atoms with Crippen LogP contribution in [0.2, 0.25) is 5.02 Å². The van der Waals surface area contributed by atoms with Gasteiger partial charge in [-0.1, -0.05) is 29.8 Å². The second kappa shape index (κ2) is 8.77. The second-order valence-electron chi connectivity index (χ2n) is 6.76. The van der Waals surface area contributed by atoms with Crippen molar-refractivity contribution in [3.63, 3.8) is 0 Å². The molecule has 0 heterocycles. The van der Waals surface area contributed by atoms with E-state index in [1.165, 1.54) is 13.2 Å². The summed E-state index contributed by atoms with van der Waals surface area (Å²) in [6.07, 6.45) is 0. The Bertz CT molecular complexity index is 1210. The van der Waals surface area contributed by atoms with Crippen molar-refractivity contribution in [3.05, 3.63) is 82.4 Å². The maximum Gasteiger partial charge on any atom is 0.262 e. The Morgan fingerprint density at radius 2 is 1.73 bits per heavy atom. The minimum Gasteiger partial charge on any atom is -0.495 e. The van der Waals surface area contributed by atoms with Crippen molar-refractivity contribution < 1.29 is 17.9 Å². The number of nitrogens with one attached hydrogen (secondary N) is 2. The van der Waals surface area contributed by atoms with Crippen LogP contribution in [-0.2, 0) is 10.0 Å². The fourth-order valence-electron chi connectivity index (χ4n) is 2.90. The van der Waals surface area contributed by atoms with Gasteiger partial charge in [-0.05, 0) is 67.4 Å². The van der Waals surface area contributed by atoms with E-state index >= 15 is 0 Å². The molecule has 0 unspecified atom stereocenters. The van der Waals surface area contributed by atoms with Gasteiger partial charge in [0.25, 0.3) is 15.9 Å². The molecule has 1 amide bonds. The third-order valence-corrected chi connectivity index (χ3v) is 6.24. The minimum absolute atomic E-state index is 0.0319. The first-order chi connectivity index (χ1) is 14.2. The van der Waals surface area contributed by atoms with Crippen LogP contribution in [-0.4, -0.2) is 21.4 Å². The van der Waals surface area contributed by atoms with E-state index in [0.717, 1.165) is 5.56 Å². The highest BCUT2D eigenvalue weighted by Gasteiger charge is 2.20. The van der Waals surface area contributed by atoms with Gasteiger partial charge in [0.15, 0.2) is 0 Å². The van der Waals surface area contributed by atoms with Crippen LogP contribution in [0.25, 0.3) is 0 Å². The van der Waals surface area contributed by atoms with Gasteiger partial charge < -0.3 is 10.1 Å². The average Bonchev–Trinajstić information content (AvgIpc) is 2.68. The van der Waals surface area contributed by atoms with Crippen LogP contribution in [0.4, 0.5) is 11.4 Å². The van der Waals surface area contributed by atoms with E-state index in [0.29, 0.717) is 27.7 Å². The number of halogens is 1. The Kier molecular flexibility index (Phi) is 6.34. The van der Waals surface area contributed by atoms with Crippen molar-refractivity contribution in [2.45, 2.75) is 18.7 Å². The highest BCUT2D eigenvalue weighted by Crippen LogP contribution is 2.28. The number of hydrogen-bond acceptors (Lipinski definition) is 4. The van der Waals surface area contributed by atoms with Crippen LogP contribution in [0.5, 0.6) is 5.75 Å². The summed E-state index contributed by atoms with van der Waals surface area (Å²) in [4.78, 5) is 12.7. The summed E-state index contributed by atoms with van der Waals surface area (Å²) in [5.74, 6) is 0.0313. The molecule has 3 rings (SSSR count). The van der Waals surface area contributed by atoms with Gasteiger partial charge in [-0.3, -0.25) is 9.52 Å². The first-order valence-electron chi connectivity index (χ1n) is 9.04. The normalized spacial score (nSPS) is 11.1. The number of anilines is 2. The van der Waals surface area contributed by atoms with Gasteiger partial charge in [-0.15, -0.1) is 0 Å². The molecular weight excluding hydrogens is 424 g/mol. The van der Waals surface area contributed by atoms with Gasteiger partial charge in [-0.2, -0.15) is 0 Å². The van der Waals surface area contributed by atoms with Crippen LogP contribution in [0.3, 0.4) is 0 Å². The number of methoxy groups -OCH3 is 1. The molecule has 156 valence electrons. The lowest BCUT2D eigenvalue weighted by Gasteiger charge is -2.13. The number of ether oxygens (including phenoxy) is 1. The summed E-state index contributed by atoms with van der Waals surface area (Å²) in [6.45, 7) is 3.55. The highest BCUT2D eigenvalue weighted by atomic mass is 35.5. The summed E-state index contributed by atoms with van der Waals surface area (Å²) >= 11 is 6.09. The van der Waals surface area contributed by atoms with Crippen molar-refractivity contribution in [2.75, 3.05) is 17.1 Å². The highest BCUT2D eigenvalue weighted by molar-refractivity contribution is 7.92. The lowest BCUT2D eigenvalue weighted by molar-refractivity contribution is 0.102. The van der Waals surface area contributed by atoms with Gasteiger partial charge in [0.2, 0.25) is 0 Å². The molecule has 0 atom stereocenters.